The Morgan fingerprint density at radius 2 is 2.16 bits per heavy atom. The molecule has 25 heavy (non-hydrogen) atoms. The third kappa shape index (κ3) is 4.63. The van der Waals surface area contributed by atoms with E-state index in [-0.39, 0.29) is 29.7 Å². The van der Waals surface area contributed by atoms with Crippen molar-refractivity contribution in [2.75, 3.05) is 11.9 Å². The van der Waals surface area contributed by atoms with Crippen LogP contribution in [0.2, 0.25) is 0 Å². The molecule has 0 saturated carbocycles. The number of non-ortho nitro benzene ring substituents is 1. The van der Waals surface area contributed by atoms with Gasteiger partial charge in [-0.3, -0.25) is 19.7 Å². The number of carbonyl (C=O) groups is 2. The highest BCUT2D eigenvalue weighted by Gasteiger charge is 2.24. The Labute approximate surface area is 143 Å². The zero-order valence-electron chi connectivity index (χ0n) is 13.8. The highest BCUT2D eigenvalue weighted by atomic mass is 16.6. The maximum atomic E-state index is 12.7. The van der Waals surface area contributed by atoms with Crippen molar-refractivity contribution >= 4 is 23.3 Å². The molecule has 0 spiro atoms. The lowest BCUT2D eigenvalue weighted by molar-refractivity contribution is -0.384. The van der Waals surface area contributed by atoms with Crippen LogP contribution in [0, 0.1) is 10.1 Å². The second-order valence-corrected chi connectivity index (χ2v) is 5.43. The van der Waals surface area contributed by atoms with Gasteiger partial charge in [0, 0.05) is 29.8 Å². The van der Waals surface area contributed by atoms with Crippen molar-refractivity contribution in [2.45, 2.75) is 26.3 Å². The number of nitro benzene ring substituents is 1. The molecule has 2 rings (SSSR count). The minimum atomic E-state index is -0.568. The van der Waals surface area contributed by atoms with E-state index in [2.05, 4.69) is 15.0 Å². The van der Waals surface area contributed by atoms with Gasteiger partial charge in [-0.1, -0.05) is 18.1 Å². The van der Waals surface area contributed by atoms with Crippen molar-refractivity contribution in [3.63, 3.8) is 0 Å². The van der Waals surface area contributed by atoms with Gasteiger partial charge in [0.2, 0.25) is 5.91 Å². The molecular weight excluding hydrogens is 328 g/mol. The van der Waals surface area contributed by atoms with Gasteiger partial charge in [-0.05, 0) is 19.4 Å². The smallest absolute Gasteiger partial charge is 0.270 e. The first kappa shape index (κ1) is 18.1. The summed E-state index contributed by atoms with van der Waals surface area (Å²) in [7, 11) is 0. The Kier molecular flexibility index (Phi) is 5.83. The molecule has 1 N–H and O–H groups in total. The number of carbonyl (C=O) groups excluding carboxylic acids is 2. The molecule has 1 atom stereocenters. The molecule has 1 unspecified atom stereocenters. The molecular formula is C16H18N4O5. The monoisotopic (exact) mass is 346 g/mol. The summed E-state index contributed by atoms with van der Waals surface area (Å²) in [6.45, 7) is 3.48. The van der Waals surface area contributed by atoms with E-state index in [9.17, 15) is 19.7 Å². The van der Waals surface area contributed by atoms with E-state index in [4.69, 9.17) is 0 Å². The Morgan fingerprint density at radius 3 is 2.76 bits per heavy atom. The van der Waals surface area contributed by atoms with E-state index in [1.807, 2.05) is 6.92 Å². The van der Waals surface area contributed by atoms with E-state index >= 15 is 0 Å². The zero-order chi connectivity index (χ0) is 18.4. The molecule has 0 aliphatic carbocycles. The van der Waals surface area contributed by atoms with E-state index in [1.54, 1.807) is 6.92 Å². The lowest BCUT2D eigenvalue weighted by Crippen LogP contribution is -2.43. The van der Waals surface area contributed by atoms with Crippen LogP contribution in [-0.2, 0) is 4.79 Å². The third-order valence-electron chi connectivity index (χ3n) is 3.71. The number of hydrogen-bond acceptors (Lipinski definition) is 6. The SMILES string of the molecule is CCC(C)N(CC(=O)Nc1ccon1)C(=O)c1cccc([N+](=O)[O-])c1. The van der Waals surface area contributed by atoms with E-state index < -0.39 is 16.7 Å². The van der Waals surface area contributed by atoms with Gasteiger partial charge in [-0.2, -0.15) is 0 Å². The summed E-state index contributed by atoms with van der Waals surface area (Å²) in [5.74, 6) is -0.641. The van der Waals surface area contributed by atoms with Crippen LogP contribution in [0.1, 0.15) is 30.6 Å². The predicted octanol–water partition coefficient (Wildman–Crippen LogP) is 2.46. The van der Waals surface area contributed by atoms with Crippen LogP contribution < -0.4 is 5.32 Å². The van der Waals surface area contributed by atoms with Crippen molar-refractivity contribution in [3.05, 3.63) is 52.3 Å². The molecule has 132 valence electrons. The number of hydrogen-bond donors (Lipinski definition) is 1. The number of nitrogens with zero attached hydrogens (tertiary/aromatic N) is 3. The molecule has 0 aliphatic rings. The highest BCUT2D eigenvalue weighted by Crippen LogP contribution is 2.17. The highest BCUT2D eigenvalue weighted by molar-refractivity contribution is 5.99. The number of benzene rings is 1. The number of rotatable bonds is 7. The van der Waals surface area contributed by atoms with Crippen LogP contribution in [0.3, 0.4) is 0 Å². The Balaban J connectivity index is 2.18. The minimum absolute atomic E-state index is 0.156. The quantitative estimate of drug-likeness (QED) is 0.607. The molecule has 2 amide bonds. The summed E-state index contributed by atoms with van der Waals surface area (Å²) in [5.41, 5.74) is -0.0225. The molecule has 2 aromatic rings. The molecule has 9 heteroatoms. The van der Waals surface area contributed by atoms with Gasteiger partial charge in [-0.15, -0.1) is 0 Å². The van der Waals surface area contributed by atoms with Crippen LogP contribution in [0.25, 0.3) is 0 Å². The summed E-state index contributed by atoms with van der Waals surface area (Å²) in [5, 5.41) is 17.0. The van der Waals surface area contributed by atoms with Crippen molar-refractivity contribution in [3.8, 4) is 0 Å². The van der Waals surface area contributed by atoms with Gasteiger partial charge in [0.1, 0.15) is 12.8 Å². The summed E-state index contributed by atoms with van der Waals surface area (Å²) >= 11 is 0. The molecule has 1 aromatic carbocycles. The Morgan fingerprint density at radius 1 is 1.40 bits per heavy atom. The van der Waals surface area contributed by atoms with Crippen molar-refractivity contribution in [1.29, 1.82) is 0 Å². The second kappa shape index (κ2) is 8.04. The number of aromatic nitrogens is 1. The molecule has 0 saturated heterocycles. The maximum absolute atomic E-state index is 12.7. The fraction of sp³-hybridized carbons (Fsp3) is 0.312. The first-order chi connectivity index (χ1) is 11.9. The first-order valence-electron chi connectivity index (χ1n) is 7.68. The van der Waals surface area contributed by atoms with Crippen LogP contribution in [0.5, 0.6) is 0 Å². The summed E-state index contributed by atoms with van der Waals surface area (Å²) < 4.78 is 4.63. The molecule has 1 heterocycles. The van der Waals surface area contributed by atoms with Crippen LogP contribution >= 0.6 is 0 Å². The fourth-order valence-corrected chi connectivity index (χ4v) is 2.18. The van der Waals surface area contributed by atoms with Crippen LogP contribution in [-0.4, -0.2) is 39.4 Å². The molecule has 0 bridgehead atoms. The molecule has 1 aromatic heterocycles. The lowest BCUT2D eigenvalue weighted by Gasteiger charge is -2.28. The molecule has 0 aliphatic heterocycles. The van der Waals surface area contributed by atoms with Gasteiger partial charge in [0.05, 0.1) is 4.92 Å². The summed E-state index contributed by atoms with van der Waals surface area (Å²) in [6, 6.07) is 6.69. The van der Waals surface area contributed by atoms with Crippen LogP contribution in [0.4, 0.5) is 11.5 Å². The van der Waals surface area contributed by atoms with Crippen LogP contribution in [0.15, 0.2) is 41.1 Å². The van der Waals surface area contributed by atoms with E-state index in [0.717, 1.165) is 0 Å². The van der Waals surface area contributed by atoms with Gasteiger partial charge in [-0.25, -0.2) is 0 Å². The van der Waals surface area contributed by atoms with E-state index in [0.29, 0.717) is 6.42 Å². The summed E-state index contributed by atoms with van der Waals surface area (Å²) in [6.07, 6.45) is 1.94. The van der Waals surface area contributed by atoms with Crippen molar-refractivity contribution < 1.29 is 19.0 Å². The number of nitrogens with one attached hydrogen (secondary N) is 1. The number of amides is 2. The second-order valence-electron chi connectivity index (χ2n) is 5.43. The largest absolute Gasteiger partial charge is 0.363 e. The topological polar surface area (TPSA) is 119 Å². The normalized spacial score (nSPS) is 11.6. The molecule has 9 nitrogen and oxygen atoms in total. The molecule has 0 radical (unpaired) electrons. The van der Waals surface area contributed by atoms with Gasteiger partial charge < -0.3 is 14.7 Å². The average molecular weight is 346 g/mol. The third-order valence-corrected chi connectivity index (χ3v) is 3.71. The van der Waals surface area contributed by atoms with Gasteiger partial charge in [0.25, 0.3) is 11.6 Å². The van der Waals surface area contributed by atoms with Crippen molar-refractivity contribution in [1.82, 2.24) is 10.1 Å². The minimum Gasteiger partial charge on any atom is -0.363 e. The Bertz CT molecular complexity index is 760. The van der Waals surface area contributed by atoms with E-state index in [1.165, 1.54) is 41.5 Å². The van der Waals surface area contributed by atoms with Crippen molar-refractivity contribution in [2.24, 2.45) is 0 Å². The average Bonchev–Trinajstić information content (AvgIpc) is 3.11. The standard InChI is InChI=1S/C16H18N4O5/c1-3-11(2)19(10-15(21)17-14-7-8-25-18-14)16(22)12-5-4-6-13(9-12)20(23)24/h4-9,11H,3,10H2,1-2H3,(H,17,18,21). The fourth-order valence-electron chi connectivity index (χ4n) is 2.18. The van der Waals surface area contributed by atoms with Gasteiger partial charge in [0.15, 0.2) is 5.82 Å². The maximum Gasteiger partial charge on any atom is 0.270 e. The predicted molar refractivity (Wildman–Crippen MR) is 89.0 cm³/mol. The number of nitro groups is 1. The Hall–Kier alpha value is -3.23. The first-order valence-corrected chi connectivity index (χ1v) is 7.68. The lowest BCUT2D eigenvalue weighted by atomic mass is 10.1. The molecule has 0 fully saturated rings. The summed E-state index contributed by atoms with van der Waals surface area (Å²) in [4.78, 5) is 36.6. The number of anilines is 1. The van der Waals surface area contributed by atoms with Gasteiger partial charge >= 0.3 is 0 Å². The zero-order valence-corrected chi connectivity index (χ0v) is 13.8.